The molecule has 19 heavy (non-hydrogen) atoms. The minimum atomic E-state index is 0. The molecule has 0 saturated heterocycles. The number of aromatic nitrogens is 4. The first-order valence-electron chi connectivity index (χ1n) is 5.02. The lowest BCUT2D eigenvalue weighted by Gasteiger charge is -1.90. The minimum absolute atomic E-state index is 0. The fraction of sp³-hybridized carbons (Fsp3) is 0.0909. The number of imidazole rings is 1. The van der Waals surface area contributed by atoms with Gasteiger partial charge in [0.05, 0.1) is 12.6 Å². The number of halogens is 3. The standard InChI is InChI=1S/C11H12N5.3ClH/c1-14-6-7-15(8-14)11-10(12)9-4-2-3-5-16(9)13-11;;;/h2-8H,12H2,1H3;3*1H/q+1;;;/p-1. The molecule has 5 nitrogen and oxygen atoms in total. The van der Waals surface area contributed by atoms with Crippen LogP contribution in [-0.4, -0.2) is 14.2 Å². The highest BCUT2D eigenvalue weighted by atomic mass is 35.5. The summed E-state index contributed by atoms with van der Waals surface area (Å²) in [4.78, 5) is 0. The molecule has 0 aromatic carbocycles. The number of pyridine rings is 1. The van der Waals surface area contributed by atoms with Crippen molar-refractivity contribution in [1.29, 1.82) is 0 Å². The summed E-state index contributed by atoms with van der Waals surface area (Å²) >= 11 is 0. The zero-order chi connectivity index (χ0) is 11.1. The van der Waals surface area contributed by atoms with E-state index in [1.54, 1.807) is 4.52 Å². The fourth-order valence-electron chi connectivity index (χ4n) is 1.77. The maximum Gasteiger partial charge on any atom is 0.268 e. The molecule has 0 amide bonds. The zero-order valence-electron chi connectivity index (χ0n) is 10.1. The second kappa shape index (κ2) is 6.65. The molecule has 0 radical (unpaired) electrons. The number of nitrogens with two attached hydrogens (primary N) is 1. The topological polar surface area (TPSA) is 52.1 Å². The fourth-order valence-corrected chi connectivity index (χ4v) is 1.77. The molecule has 3 aromatic rings. The summed E-state index contributed by atoms with van der Waals surface area (Å²) in [5, 5.41) is 4.44. The molecule has 0 bridgehead atoms. The highest BCUT2D eigenvalue weighted by Gasteiger charge is 2.15. The van der Waals surface area contributed by atoms with Gasteiger partial charge in [0.25, 0.3) is 5.82 Å². The molecule has 3 heterocycles. The monoisotopic (exact) mass is 321 g/mol. The number of fused-ring (bicyclic) bond motifs is 1. The van der Waals surface area contributed by atoms with E-state index in [0.717, 1.165) is 11.3 Å². The average Bonchev–Trinajstić information content (AvgIpc) is 2.84. The molecule has 0 aliphatic heterocycles. The molecule has 0 spiro atoms. The Morgan fingerprint density at radius 2 is 1.95 bits per heavy atom. The van der Waals surface area contributed by atoms with E-state index >= 15 is 0 Å². The van der Waals surface area contributed by atoms with E-state index in [1.165, 1.54) is 0 Å². The predicted molar refractivity (Wildman–Crippen MR) is 74.6 cm³/mol. The third-order valence-electron chi connectivity index (χ3n) is 2.57. The van der Waals surface area contributed by atoms with E-state index < -0.39 is 0 Å². The van der Waals surface area contributed by atoms with Crippen molar-refractivity contribution < 1.29 is 17.0 Å². The molecule has 8 heteroatoms. The van der Waals surface area contributed by atoms with E-state index in [2.05, 4.69) is 5.10 Å². The third kappa shape index (κ3) is 2.94. The van der Waals surface area contributed by atoms with Gasteiger partial charge in [-0.2, -0.15) is 4.57 Å². The Labute approximate surface area is 129 Å². The summed E-state index contributed by atoms with van der Waals surface area (Å²) in [6.07, 6.45) is 7.69. The quantitative estimate of drug-likeness (QED) is 0.548. The van der Waals surface area contributed by atoms with Crippen molar-refractivity contribution >= 4 is 36.0 Å². The van der Waals surface area contributed by atoms with Crippen LogP contribution in [0.2, 0.25) is 0 Å². The Kier molecular flexibility index (Phi) is 6.15. The van der Waals surface area contributed by atoms with Crippen molar-refractivity contribution in [2.75, 3.05) is 5.73 Å². The van der Waals surface area contributed by atoms with Crippen LogP contribution in [0.5, 0.6) is 0 Å². The number of rotatable bonds is 1. The zero-order valence-corrected chi connectivity index (χ0v) is 12.5. The first kappa shape index (κ1) is 17.6. The Hall–Kier alpha value is -1.43. The molecule has 0 saturated carbocycles. The van der Waals surface area contributed by atoms with Gasteiger partial charge in [0.2, 0.25) is 6.33 Å². The number of hydrogen-bond acceptors (Lipinski definition) is 2. The molecular formula is C11H14Cl3N5. The van der Waals surface area contributed by atoms with Gasteiger partial charge < -0.3 is 18.1 Å². The SMILES string of the molecule is C[n+]1ccn(-c2nn3ccccc3c2N)c1.Cl.Cl.[Cl-]. The van der Waals surface area contributed by atoms with Gasteiger partial charge in [0, 0.05) is 6.20 Å². The van der Waals surface area contributed by atoms with Crippen molar-refractivity contribution in [1.82, 2.24) is 14.2 Å². The van der Waals surface area contributed by atoms with Crippen LogP contribution in [0.25, 0.3) is 11.3 Å². The summed E-state index contributed by atoms with van der Waals surface area (Å²) < 4.78 is 5.64. The Balaban J connectivity index is 0.00000108. The van der Waals surface area contributed by atoms with Crippen molar-refractivity contribution in [2.24, 2.45) is 7.05 Å². The minimum Gasteiger partial charge on any atom is -1.00 e. The maximum absolute atomic E-state index is 6.07. The first-order chi connectivity index (χ1) is 7.75. The number of nitrogen functional groups attached to an aromatic ring is 1. The molecule has 0 unspecified atom stereocenters. The smallest absolute Gasteiger partial charge is 0.268 e. The highest BCUT2D eigenvalue weighted by molar-refractivity contribution is 5.85. The normalized spacial score (nSPS) is 9.32. The molecule has 0 fully saturated rings. The molecule has 2 N–H and O–H groups in total. The summed E-state index contributed by atoms with van der Waals surface area (Å²) in [7, 11) is 1.96. The largest absolute Gasteiger partial charge is 1.00 e. The Bertz CT molecular complexity index is 661. The van der Waals surface area contributed by atoms with Gasteiger partial charge in [0.15, 0.2) is 0 Å². The molecular weight excluding hydrogens is 309 g/mol. The lowest BCUT2D eigenvalue weighted by atomic mass is 10.3. The third-order valence-corrected chi connectivity index (χ3v) is 2.57. The number of nitrogens with zero attached hydrogens (tertiary/aromatic N) is 4. The second-order valence-electron chi connectivity index (χ2n) is 3.75. The van der Waals surface area contributed by atoms with E-state index in [9.17, 15) is 0 Å². The molecule has 3 aromatic heterocycles. The van der Waals surface area contributed by atoms with Crippen LogP contribution < -0.4 is 22.7 Å². The van der Waals surface area contributed by atoms with Gasteiger partial charge in [-0.3, -0.25) is 0 Å². The number of anilines is 1. The van der Waals surface area contributed by atoms with E-state index in [-0.39, 0.29) is 37.2 Å². The van der Waals surface area contributed by atoms with Crippen LogP contribution in [0.4, 0.5) is 5.69 Å². The average molecular weight is 323 g/mol. The van der Waals surface area contributed by atoms with Crippen molar-refractivity contribution in [3.8, 4) is 5.82 Å². The summed E-state index contributed by atoms with van der Waals surface area (Å²) in [6, 6.07) is 5.83. The molecule has 0 atom stereocenters. The number of aryl methyl sites for hydroxylation is 1. The van der Waals surface area contributed by atoms with Crippen LogP contribution in [0.15, 0.2) is 43.1 Å². The van der Waals surface area contributed by atoms with Gasteiger partial charge in [0.1, 0.15) is 18.1 Å². The molecule has 0 aliphatic rings. The van der Waals surface area contributed by atoms with Crippen molar-refractivity contribution in [3.63, 3.8) is 0 Å². The maximum atomic E-state index is 6.07. The number of hydrogen-bond donors (Lipinski definition) is 1. The molecule has 3 rings (SSSR count). The van der Waals surface area contributed by atoms with E-state index in [1.807, 2.05) is 59.3 Å². The van der Waals surface area contributed by atoms with E-state index in [0.29, 0.717) is 5.69 Å². The van der Waals surface area contributed by atoms with Gasteiger partial charge in [-0.25, -0.2) is 9.08 Å². The predicted octanol–water partition coefficient (Wildman–Crippen LogP) is -1.62. The van der Waals surface area contributed by atoms with Crippen LogP contribution in [-0.2, 0) is 7.05 Å². The van der Waals surface area contributed by atoms with Crippen LogP contribution in [0.1, 0.15) is 0 Å². The van der Waals surface area contributed by atoms with Gasteiger partial charge in [-0.1, -0.05) is 6.07 Å². The first-order valence-corrected chi connectivity index (χ1v) is 5.02. The van der Waals surface area contributed by atoms with Crippen LogP contribution in [0, 0.1) is 0 Å². The van der Waals surface area contributed by atoms with Gasteiger partial charge in [-0.05, 0) is 12.1 Å². The van der Waals surface area contributed by atoms with Gasteiger partial charge >= 0.3 is 0 Å². The van der Waals surface area contributed by atoms with Crippen molar-refractivity contribution in [3.05, 3.63) is 43.1 Å². The van der Waals surface area contributed by atoms with E-state index in [4.69, 9.17) is 5.73 Å². The van der Waals surface area contributed by atoms with Crippen molar-refractivity contribution in [2.45, 2.75) is 0 Å². The molecule has 104 valence electrons. The van der Waals surface area contributed by atoms with Crippen LogP contribution in [0.3, 0.4) is 0 Å². The summed E-state index contributed by atoms with van der Waals surface area (Å²) in [6.45, 7) is 0. The van der Waals surface area contributed by atoms with Crippen LogP contribution >= 0.6 is 24.8 Å². The molecule has 0 aliphatic carbocycles. The van der Waals surface area contributed by atoms with Gasteiger partial charge in [-0.15, -0.1) is 29.9 Å². The summed E-state index contributed by atoms with van der Waals surface area (Å²) in [5.41, 5.74) is 7.68. The Morgan fingerprint density at radius 1 is 1.21 bits per heavy atom. The highest BCUT2D eigenvalue weighted by Crippen LogP contribution is 2.20. The second-order valence-corrected chi connectivity index (χ2v) is 3.75. The summed E-state index contributed by atoms with van der Waals surface area (Å²) in [5.74, 6) is 0.756. The lowest BCUT2D eigenvalue weighted by Crippen LogP contribution is -3.00. The lowest BCUT2D eigenvalue weighted by molar-refractivity contribution is -0.670. The Morgan fingerprint density at radius 3 is 2.53 bits per heavy atom.